The summed E-state index contributed by atoms with van der Waals surface area (Å²) < 4.78 is 36.4. The van der Waals surface area contributed by atoms with Gasteiger partial charge in [-0.3, -0.25) is 4.79 Å². The molecule has 0 saturated heterocycles. The highest BCUT2D eigenvalue weighted by molar-refractivity contribution is 7.74. The van der Waals surface area contributed by atoms with Crippen molar-refractivity contribution in [1.82, 2.24) is 0 Å². The number of nitrogens with two attached hydrogens (primary N) is 1. The Morgan fingerprint density at radius 3 is 2.34 bits per heavy atom. The fourth-order valence-electron chi connectivity index (χ4n) is 2.97. The number of primary amides is 1. The summed E-state index contributed by atoms with van der Waals surface area (Å²) in [6, 6.07) is 8.86. The third kappa shape index (κ3) is 5.79. The Morgan fingerprint density at radius 1 is 1.17 bits per heavy atom. The maximum Gasteiger partial charge on any atom is 0.251 e. The van der Waals surface area contributed by atoms with Crippen LogP contribution >= 0.6 is 0 Å². The fourth-order valence-corrected chi connectivity index (χ4v) is 3.53. The quantitative estimate of drug-likeness (QED) is 0.657. The highest BCUT2D eigenvalue weighted by Crippen LogP contribution is 2.42. The van der Waals surface area contributed by atoms with Crippen molar-refractivity contribution in [3.63, 3.8) is 0 Å². The van der Waals surface area contributed by atoms with E-state index in [2.05, 4.69) is 0 Å². The second-order valence-electron chi connectivity index (χ2n) is 7.70. The monoisotopic (exact) mass is 417 g/mol. The molecule has 1 amide bonds. The van der Waals surface area contributed by atoms with Crippen molar-refractivity contribution >= 4 is 16.5 Å². The van der Waals surface area contributed by atoms with Gasteiger partial charge in [-0.05, 0) is 79.1 Å². The van der Waals surface area contributed by atoms with Gasteiger partial charge in [0.25, 0.3) is 5.91 Å². The third-order valence-corrected chi connectivity index (χ3v) is 6.29. The summed E-state index contributed by atoms with van der Waals surface area (Å²) in [7, 11) is -1.26. The van der Waals surface area contributed by atoms with E-state index in [4.69, 9.17) is 15.3 Å². The van der Waals surface area contributed by atoms with Crippen molar-refractivity contribution in [3.05, 3.63) is 64.0 Å². The Balaban J connectivity index is 0.000000343. The molecular weight excluding hydrogens is 391 g/mol. The molecule has 2 saturated carbocycles. The minimum Gasteiger partial charge on any atom is -0.489 e. The van der Waals surface area contributed by atoms with Crippen LogP contribution < -0.4 is 10.5 Å². The zero-order valence-electron chi connectivity index (χ0n) is 16.7. The first-order valence-corrected chi connectivity index (χ1v) is 10.9. The lowest BCUT2D eigenvalue weighted by Crippen LogP contribution is -2.15. The lowest BCUT2D eigenvalue weighted by molar-refractivity contribution is 0.0996. The van der Waals surface area contributed by atoms with E-state index in [0.29, 0.717) is 5.92 Å². The largest absolute Gasteiger partial charge is 0.489 e. The van der Waals surface area contributed by atoms with Crippen molar-refractivity contribution in [2.75, 3.05) is 0 Å². The highest BCUT2D eigenvalue weighted by atomic mass is 32.2. The van der Waals surface area contributed by atoms with E-state index < -0.39 is 22.3 Å². The number of hydrogen-bond donors (Lipinski definition) is 2. The predicted octanol–water partition coefficient (Wildman–Crippen LogP) is 4.87. The highest BCUT2D eigenvalue weighted by Gasteiger charge is 2.28. The number of carbonyl (C=O) groups is 1. The van der Waals surface area contributed by atoms with Gasteiger partial charge < -0.3 is 19.5 Å². The Bertz CT molecular complexity index is 988. The van der Waals surface area contributed by atoms with Gasteiger partial charge in [0.2, 0.25) is 0 Å². The Hall–Kier alpha value is -2.41. The summed E-state index contributed by atoms with van der Waals surface area (Å²) in [4.78, 5) is 11.3. The molecule has 156 valence electrons. The molecule has 0 atom stereocenters. The molecule has 0 aliphatic heterocycles. The molecule has 0 spiro atoms. The summed E-state index contributed by atoms with van der Waals surface area (Å²) in [5.74, 6) is -0.173. The van der Waals surface area contributed by atoms with Crippen molar-refractivity contribution in [2.24, 2.45) is 5.73 Å². The summed E-state index contributed by atoms with van der Waals surface area (Å²) in [6.07, 6.45) is 4.13. The normalized spacial score (nSPS) is 15.6. The Labute approximate surface area is 172 Å². The molecule has 5 nitrogen and oxygen atoms in total. The first-order chi connectivity index (χ1) is 13.8. The van der Waals surface area contributed by atoms with Crippen molar-refractivity contribution in [2.45, 2.75) is 57.3 Å². The number of amides is 1. The SMILES string of the molecule is Cc1ccc(OCc2cc(F)c(C(N)=O)cc2C2CC2)cc1C.N=[S-](=O)C1CC1. The molecule has 2 aliphatic carbocycles. The Kier molecular flexibility index (Phi) is 6.57. The van der Waals surface area contributed by atoms with Crippen LogP contribution in [0.25, 0.3) is 0 Å². The number of nitrogens with one attached hydrogen (secondary N) is 1. The average Bonchev–Trinajstić information content (AvgIpc) is 3.55. The number of halogens is 1. The van der Waals surface area contributed by atoms with Gasteiger partial charge in [-0.2, -0.15) is 10.6 Å². The van der Waals surface area contributed by atoms with Gasteiger partial charge in [0, 0.05) is 0 Å². The molecule has 7 heteroatoms. The van der Waals surface area contributed by atoms with Crippen molar-refractivity contribution in [1.29, 1.82) is 4.78 Å². The van der Waals surface area contributed by atoms with E-state index in [1.54, 1.807) is 6.07 Å². The van der Waals surface area contributed by atoms with Gasteiger partial charge in [0.05, 0.1) is 5.56 Å². The molecule has 2 aliphatic rings. The number of carbonyl (C=O) groups excluding carboxylic acids is 1. The van der Waals surface area contributed by atoms with E-state index in [0.717, 1.165) is 48.1 Å². The number of benzene rings is 2. The lowest BCUT2D eigenvalue weighted by atomic mass is 9.99. The van der Waals surface area contributed by atoms with Gasteiger partial charge in [-0.1, -0.05) is 24.2 Å². The number of rotatable bonds is 6. The van der Waals surface area contributed by atoms with Crippen LogP contribution in [0.1, 0.15) is 64.2 Å². The Morgan fingerprint density at radius 2 is 1.86 bits per heavy atom. The summed E-state index contributed by atoms with van der Waals surface area (Å²) in [6.45, 7) is 4.35. The third-order valence-electron chi connectivity index (χ3n) is 5.21. The molecule has 29 heavy (non-hydrogen) atoms. The van der Waals surface area contributed by atoms with Crippen LogP contribution in [0.2, 0.25) is 0 Å². The van der Waals surface area contributed by atoms with Crippen molar-refractivity contribution < 1.29 is 18.1 Å². The van der Waals surface area contributed by atoms with Crippen LogP contribution in [0.15, 0.2) is 30.3 Å². The van der Waals surface area contributed by atoms with Crippen LogP contribution in [0.3, 0.4) is 0 Å². The molecular formula is C22H26FN2O3S-. The molecule has 0 radical (unpaired) electrons. The van der Waals surface area contributed by atoms with Crippen LogP contribution in [0, 0.1) is 24.4 Å². The molecule has 2 fully saturated rings. The minimum absolute atomic E-state index is 0.0400. The smallest absolute Gasteiger partial charge is 0.251 e. The van der Waals surface area contributed by atoms with E-state index >= 15 is 0 Å². The van der Waals surface area contributed by atoms with E-state index in [1.807, 2.05) is 32.0 Å². The van der Waals surface area contributed by atoms with Gasteiger partial charge in [-0.15, -0.1) is 0 Å². The number of ether oxygens (including phenoxy) is 1. The molecule has 0 aromatic heterocycles. The standard InChI is InChI=1S/C19H20FNO2.C3H6NOS/c1-11-3-6-15(7-12(11)2)23-10-14-8-18(20)17(19(21)22)9-16(14)13-4-5-13;4-6(5)3-1-2-3/h3,6-9,13H,4-5,10H2,1-2H3,(H2,21,22);3-4H,1-2H2/q;-1. The molecule has 0 heterocycles. The van der Waals surface area contributed by atoms with Crippen LogP contribution in [-0.2, 0) is 21.4 Å². The summed E-state index contributed by atoms with van der Waals surface area (Å²) in [5, 5.41) is 0.241. The van der Waals surface area contributed by atoms with E-state index in [1.165, 1.54) is 11.6 Å². The topological polar surface area (TPSA) is 93.2 Å². The molecule has 2 aromatic rings. The fraction of sp³-hybridized carbons (Fsp3) is 0.409. The first kappa shape index (κ1) is 21.3. The van der Waals surface area contributed by atoms with Gasteiger partial charge in [-0.25, -0.2) is 4.39 Å². The second kappa shape index (κ2) is 8.95. The van der Waals surface area contributed by atoms with Gasteiger partial charge in [0.1, 0.15) is 18.2 Å². The number of aryl methyl sites for hydroxylation is 2. The zero-order valence-corrected chi connectivity index (χ0v) is 17.5. The molecule has 0 bridgehead atoms. The van der Waals surface area contributed by atoms with Crippen LogP contribution in [0.4, 0.5) is 4.39 Å². The second-order valence-corrected chi connectivity index (χ2v) is 8.96. The predicted molar refractivity (Wildman–Crippen MR) is 111 cm³/mol. The summed E-state index contributed by atoms with van der Waals surface area (Å²) in [5.41, 5.74) is 9.32. The van der Waals surface area contributed by atoms with Crippen LogP contribution in [-0.4, -0.2) is 11.2 Å². The maximum atomic E-state index is 14.1. The van der Waals surface area contributed by atoms with E-state index in [9.17, 15) is 13.4 Å². The molecule has 2 aromatic carbocycles. The van der Waals surface area contributed by atoms with Gasteiger partial charge >= 0.3 is 0 Å². The van der Waals surface area contributed by atoms with Crippen LogP contribution in [0.5, 0.6) is 5.75 Å². The number of hydrogen-bond acceptors (Lipinski definition) is 5. The summed E-state index contributed by atoms with van der Waals surface area (Å²) >= 11 is 0. The first-order valence-electron chi connectivity index (χ1n) is 9.70. The lowest BCUT2D eigenvalue weighted by Gasteiger charge is -2.13. The van der Waals surface area contributed by atoms with Crippen molar-refractivity contribution in [3.8, 4) is 5.75 Å². The van der Waals surface area contributed by atoms with E-state index in [-0.39, 0.29) is 17.4 Å². The average molecular weight is 418 g/mol. The minimum atomic E-state index is -1.26. The van der Waals surface area contributed by atoms with Gasteiger partial charge in [0.15, 0.2) is 0 Å². The molecule has 0 unspecified atom stereocenters. The zero-order chi connectivity index (χ0) is 21.1. The molecule has 3 N–H and O–H groups in total. The molecule has 4 rings (SSSR count). The maximum absolute atomic E-state index is 14.1.